The van der Waals surface area contributed by atoms with Crippen LogP contribution in [0.3, 0.4) is 0 Å². The molecule has 4 rings (SSSR count). The molecule has 0 spiro atoms. The predicted octanol–water partition coefficient (Wildman–Crippen LogP) is 4.19. The molecule has 0 aromatic rings. The van der Waals surface area contributed by atoms with Gasteiger partial charge in [0.05, 0.1) is 6.61 Å². The zero-order valence-electron chi connectivity index (χ0n) is 15.7. The van der Waals surface area contributed by atoms with Crippen molar-refractivity contribution < 1.29 is 13.9 Å². The van der Waals surface area contributed by atoms with Crippen LogP contribution in [-0.4, -0.2) is 38.0 Å². The Morgan fingerprint density at radius 2 is 1.68 bits per heavy atom. The van der Waals surface area contributed by atoms with Crippen molar-refractivity contribution in [1.29, 1.82) is 0 Å². The topological polar surface area (TPSA) is 50.4 Å². The van der Waals surface area contributed by atoms with E-state index in [-0.39, 0.29) is 18.2 Å². The van der Waals surface area contributed by atoms with E-state index in [1.165, 1.54) is 45.6 Å². The molecule has 1 unspecified atom stereocenters. The number of urea groups is 1. The molecular weight excluding hydrogens is 319 g/mol. The summed E-state index contributed by atoms with van der Waals surface area (Å²) in [6.45, 7) is 0.918. The van der Waals surface area contributed by atoms with Crippen LogP contribution in [0.2, 0.25) is 0 Å². The first kappa shape index (κ1) is 18.9. The summed E-state index contributed by atoms with van der Waals surface area (Å²) in [6, 6.07) is 0.0193. The third-order valence-electron chi connectivity index (χ3n) is 6.49. The number of hydrogen-bond acceptors (Lipinski definition) is 2. The molecule has 0 heterocycles. The second kappa shape index (κ2) is 8.70. The van der Waals surface area contributed by atoms with Crippen LogP contribution in [0.4, 0.5) is 9.18 Å². The van der Waals surface area contributed by atoms with Gasteiger partial charge in [-0.15, -0.1) is 0 Å². The molecule has 1 atom stereocenters. The number of hydrogen-bond donors (Lipinski definition) is 2. The maximum atomic E-state index is 13.2. The van der Waals surface area contributed by atoms with E-state index in [9.17, 15) is 9.18 Å². The van der Waals surface area contributed by atoms with E-state index in [2.05, 4.69) is 10.6 Å². The molecule has 4 aliphatic rings. The summed E-state index contributed by atoms with van der Waals surface area (Å²) in [4.78, 5) is 12.3. The van der Waals surface area contributed by atoms with Crippen molar-refractivity contribution in [3.05, 3.63) is 0 Å². The lowest BCUT2D eigenvalue weighted by Gasteiger charge is -2.56. The average molecular weight is 355 g/mol. The molecule has 0 aromatic heterocycles. The van der Waals surface area contributed by atoms with Crippen molar-refractivity contribution in [2.75, 3.05) is 20.3 Å². The molecule has 0 radical (unpaired) electrons. The van der Waals surface area contributed by atoms with Gasteiger partial charge in [-0.05, 0) is 69.1 Å². The van der Waals surface area contributed by atoms with Crippen LogP contribution in [0.5, 0.6) is 0 Å². The number of ether oxygens (including phenoxy) is 1. The molecule has 2 N–H and O–H groups in total. The number of carbonyl (C=O) groups is 1. The Hall–Kier alpha value is -0.840. The fraction of sp³-hybridized carbons (Fsp3) is 0.950. The van der Waals surface area contributed by atoms with Crippen molar-refractivity contribution in [3.63, 3.8) is 0 Å². The highest BCUT2D eigenvalue weighted by Gasteiger charge is 2.51. The number of methoxy groups -OCH3 is 1. The van der Waals surface area contributed by atoms with E-state index in [0.717, 1.165) is 50.0 Å². The molecule has 0 saturated heterocycles. The smallest absolute Gasteiger partial charge is 0.315 e. The van der Waals surface area contributed by atoms with Crippen molar-refractivity contribution >= 4 is 6.03 Å². The van der Waals surface area contributed by atoms with Gasteiger partial charge < -0.3 is 15.4 Å². The maximum Gasteiger partial charge on any atom is 0.315 e. The number of halogens is 1. The molecule has 2 amide bonds. The quantitative estimate of drug-likeness (QED) is 0.578. The van der Waals surface area contributed by atoms with E-state index in [1.54, 1.807) is 0 Å². The first-order valence-electron chi connectivity index (χ1n) is 10.3. The predicted molar refractivity (Wildman–Crippen MR) is 97.3 cm³/mol. The molecule has 0 aromatic carbocycles. The monoisotopic (exact) mass is 354 g/mol. The minimum Gasteiger partial charge on any atom is -0.382 e. The second-order valence-electron chi connectivity index (χ2n) is 8.83. The number of nitrogens with one attached hydrogen (secondary N) is 2. The molecule has 0 aliphatic heterocycles. The number of carbonyl (C=O) groups excluding carboxylic acids is 1. The summed E-state index contributed by atoms with van der Waals surface area (Å²) < 4.78 is 18.0. The van der Waals surface area contributed by atoms with Crippen LogP contribution in [0, 0.1) is 17.8 Å². The highest BCUT2D eigenvalue weighted by atomic mass is 19.1. The molecule has 25 heavy (non-hydrogen) atoms. The fourth-order valence-corrected chi connectivity index (χ4v) is 5.86. The van der Waals surface area contributed by atoms with Gasteiger partial charge in [0.1, 0.15) is 6.17 Å². The lowest BCUT2D eigenvalue weighted by molar-refractivity contribution is -0.0135. The summed E-state index contributed by atoms with van der Waals surface area (Å²) in [7, 11) is 1.53. The maximum absolute atomic E-state index is 13.2. The van der Waals surface area contributed by atoms with Crippen LogP contribution in [0.1, 0.15) is 70.6 Å². The summed E-state index contributed by atoms with van der Waals surface area (Å²) in [5, 5.41) is 6.38. The largest absolute Gasteiger partial charge is 0.382 e. The SMILES string of the molecule is COCC(F)CCCCCCNC(=O)NC12CC3CC(CC(C3)C1)C2. The molecular formula is C20H35FN2O2. The Bertz CT molecular complexity index is 408. The van der Waals surface area contributed by atoms with Crippen LogP contribution >= 0.6 is 0 Å². The zero-order valence-corrected chi connectivity index (χ0v) is 15.7. The third-order valence-corrected chi connectivity index (χ3v) is 6.49. The van der Waals surface area contributed by atoms with Gasteiger partial charge in [0.2, 0.25) is 0 Å². The molecule has 144 valence electrons. The average Bonchev–Trinajstić information content (AvgIpc) is 2.52. The standard InChI is InChI=1S/C20H35FN2O2/c1-25-14-18(21)6-4-2-3-5-7-22-19(24)23-20-11-15-8-16(12-20)10-17(9-15)13-20/h15-18H,2-14H2,1H3,(H2,22,23,24). The highest BCUT2D eigenvalue weighted by Crippen LogP contribution is 2.55. The molecule has 4 fully saturated rings. The van der Waals surface area contributed by atoms with E-state index in [4.69, 9.17) is 4.74 Å². The van der Waals surface area contributed by atoms with Gasteiger partial charge in [-0.2, -0.15) is 0 Å². The van der Waals surface area contributed by atoms with E-state index >= 15 is 0 Å². The Kier molecular flexibility index (Phi) is 6.59. The summed E-state index contributed by atoms with van der Waals surface area (Å²) in [6.07, 6.45) is 11.4. The summed E-state index contributed by atoms with van der Waals surface area (Å²) >= 11 is 0. The van der Waals surface area contributed by atoms with Crippen LogP contribution < -0.4 is 10.6 Å². The Morgan fingerprint density at radius 3 is 2.28 bits per heavy atom. The number of amides is 2. The van der Waals surface area contributed by atoms with Crippen molar-refractivity contribution in [2.24, 2.45) is 17.8 Å². The number of rotatable bonds is 10. The first-order valence-corrected chi connectivity index (χ1v) is 10.3. The minimum atomic E-state index is -0.839. The zero-order chi connectivity index (χ0) is 17.7. The lowest BCUT2D eigenvalue weighted by Crippen LogP contribution is -2.61. The van der Waals surface area contributed by atoms with E-state index < -0.39 is 6.17 Å². The van der Waals surface area contributed by atoms with Crippen molar-refractivity contribution in [2.45, 2.75) is 82.3 Å². The summed E-state index contributed by atoms with van der Waals surface area (Å²) in [5.74, 6) is 2.55. The first-order chi connectivity index (χ1) is 12.1. The molecule has 4 saturated carbocycles. The van der Waals surface area contributed by atoms with Gasteiger partial charge in [0, 0.05) is 19.2 Å². The van der Waals surface area contributed by atoms with Crippen molar-refractivity contribution in [3.8, 4) is 0 Å². The Labute approximate surface area is 151 Å². The molecule has 4 aliphatic carbocycles. The van der Waals surface area contributed by atoms with Crippen LogP contribution in [-0.2, 0) is 4.74 Å². The van der Waals surface area contributed by atoms with Gasteiger partial charge in [-0.25, -0.2) is 9.18 Å². The van der Waals surface area contributed by atoms with Crippen LogP contribution in [0.25, 0.3) is 0 Å². The van der Waals surface area contributed by atoms with Gasteiger partial charge in [-0.3, -0.25) is 0 Å². The van der Waals surface area contributed by atoms with E-state index in [0.29, 0.717) is 6.42 Å². The third kappa shape index (κ3) is 5.32. The number of alkyl halides is 1. The Balaban J connectivity index is 1.25. The molecule has 5 heteroatoms. The molecule has 4 bridgehead atoms. The summed E-state index contributed by atoms with van der Waals surface area (Å²) in [5.41, 5.74) is 0.0936. The minimum absolute atomic E-state index is 0.0193. The molecule has 4 nitrogen and oxygen atoms in total. The van der Waals surface area contributed by atoms with Gasteiger partial charge in [0.25, 0.3) is 0 Å². The van der Waals surface area contributed by atoms with Crippen molar-refractivity contribution in [1.82, 2.24) is 10.6 Å². The van der Waals surface area contributed by atoms with E-state index in [1.807, 2.05) is 0 Å². The lowest BCUT2D eigenvalue weighted by atomic mass is 9.53. The second-order valence-corrected chi connectivity index (χ2v) is 8.83. The number of unbranched alkanes of at least 4 members (excludes halogenated alkanes) is 3. The van der Waals surface area contributed by atoms with Gasteiger partial charge in [-0.1, -0.05) is 19.3 Å². The normalized spacial score (nSPS) is 34.1. The van der Waals surface area contributed by atoms with Gasteiger partial charge in [0.15, 0.2) is 0 Å². The Morgan fingerprint density at radius 1 is 1.08 bits per heavy atom. The van der Waals surface area contributed by atoms with Gasteiger partial charge >= 0.3 is 6.03 Å². The fourth-order valence-electron chi connectivity index (χ4n) is 5.86. The van der Waals surface area contributed by atoms with Crippen LogP contribution in [0.15, 0.2) is 0 Å². The highest BCUT2D eigenvalue weighted by molar-refractivity contribution is 5.74.